The predicted molar refractivity (Wildman–Crippen MR) is 314 cm³/mol. The first-order valence-electron chi connectivity index (χ1n) is 26.1. The Morgan fingerprint density at radius 2 is 0.713 bits per heavy atom. The molecule has 0 saturated carbocycles. The number of alkyl halides is 6. The number of ether oxygens (including phenoxy) is 2. The van der Waals surface area contributed by atoms with Crippen LogP contribution in [0.4, 0.5) is 60.5 Å². The molecule has 0 fully saturated rings. The summed E-state index contributed by atoms with van der Waals surface area (Å²) in [5.41, 5.74) is 14.0. The number of anilines is 6. The summed E-state index contributed by atoms with van der Waals surface area (Å²) in [4.78, 5) is 4.28. The molecule has 0 amide bonds. The number of hydrogen-bond acceptors (Lipinski definition) is 6. The Bertz CT molecular complexity index is 4200. The van der Waals surface area contributed by atoms with E-state index in [2.05, 4.69) is 193 Å². The van der Waals surface area contributed by atoms with Gasteiger partial charge < -0.3 is 19.3 Å². The van der Waals surface area contributed by atoms with Crippen LogP contribution in [0.2, 0.25) is 0 Å². The van der Waals surface area contributed by atoms with Gasteiger partial charge in [0, 0.05) is 59.1 Å². The topological polar surface area (TPSA) is 24.9 Å². The number of halogens is 6. The summed E-state index contributed by atoms with van der Waals surface area (Å²) in [5, 5.41) is 4.38. The lowest BCUT2D eigenvalue weighted by Gasteiger charge is -2.47. The van der Waals surface area contributed by atoms with Gasteiger partial charge in [0.2, 0.25) is 0 Å². The lowest BCUT2D eigenvalue weighted by molar-refractivity contribution is -0.275. The zero-order chi connectivity index (χ0) is 55.0. The second-order valence-electron chi connectivity index (χ2n) is 21.1. The van der Waals surface area contributed by atoms with E-state index in [1.807, 2.05) is 12.1 Å². The Labute approximate surface area is 464 Å². The molecule has 0 atom stereocenters. The van der Waals surface area contributed by atoms with Gasteiger partial charge in [-0.3, -0.25) is 0 Å². The van der Waals surface area contributed by atoms with E-state index in [0.29, 0.717) is 11.4 Å². The zero-order valence-electron chi connectivity index (χ0n) is 43.4. The minimum Gasteiger partial charge on any atom is -0.406 e. The van der Waals surface area contributed by atoms with E-state index >= 15 is 0 Å². The second kappa shape index (κ2) is 18.0. The highest BCUT2D eigenvalue weighted by molar-refractivity contribution is 7.27. The van der Waals surface area contributed by atoms with Crippen LogP contribution in [0.5, 0.6) is 11.5 Å². The first-order valence-corrected chi connectivity index (χ1v) is 27.7. The maximum absolute atomic E-state index is 13.7. The standard InChI is InChI=1S/C68H46F6N2O2S2/c1-39-13-9-15-49-51-17-11-23-59(63(51)79-61(39)49)75(41-25-31-45(32-26-41)77-67(69,70)71)43-29-35-47-48-36-30-44(38-58(48)66(57(47)37-43)55-21-7-5-19-53(55)65(3,4)54-20-6-8-22-56(54)66)76(42-27-33-46(34-28-42)78-68(72,73)74)60-24-12-18-52-50-16-10-14-40(2)62(50)80-64(52)60/h5-38H,1-4H3. The molecular formula is C68H46F6N2O2S2. The molecule has 80 heavy (non-hydrogen) atoms. The molecule has 10 aromatic carbocycles. The SMILES string of the molecule is Cc1cccc2c1sc1c(N(c3ccc(OC(F)(F)F)cc3)c3ccc4c(c3)C3(c5cc(N(c6ccc(OC(F)(F)F)cc6)c6cccc7c6sc6c(C)cccc67)ccc5-4)c4ccccc4C(C)(C)c4ccccc43)cccc12. The van der Waals surface area contributed by atoms with Gasteiger partial charge in [-0.2, -0.15) is 0 Å². The molecule has 1 spiro atoms. The van der Waals surface area contributed by atoms with Gasteiger partial charge in [0.1, 0.15) is 11.5 Å². The summed E-state index contributed by atoms with van der Waals surface area (Å²) in [6, 6.07) is 67.5. The predicted octanol–water partition coefficient (Wildman–Crippen LogP) is 20.8. The van der Waals surface area contributed by atoms with Crippen molar-refractivity contribution < 1.29 is 35.8 Å². The van der Waals surface area contributed by atoms with Crippen molar-refractivity contribution in [3.05, 3.63) is 251 Å². The third-order valence-corrected chi connectivity index (χ3v) is 18.9. The van der Waals surface area contributed by atoms with Crippen LogP contribution < -0.4 is 19.3 Å². The molecule has 0 unspecified atom stereocenters. The average Bonchev–Trinajstić information content (AvgIpc) is 4.27. The quantitative estimate of drug-likeness (QED) is 0.142. The number of hydrogen-bond donors (Lipinski definition) is 0. The van der Waals surface area contributed by atoms with Crippen molar-refractivity contribution in [1.82, 2.24) is 0 Å². The Kier molecular flexibility index (Phi) is 11.2. The van der Waals surface area contributed by atoms with Gasteiger partial charge >= 0.3 is 12.7 Å². The van der Waals surface area contributed by atoms with Crippen molar-refractivity contribution in [1.29, 1.82) is 0 Å². The van der Waals surface area contributed by atoms with Gasteiger partial charge in [0.05, 0.1) is 26.2 Å². The highest BCUT2D eigenvalue weighted by Crippen LogP contribution is 2.64. The number of fused-ring (bicyclic) bond motifs is 15. The van der Waals surface area contributed by atoms with Crippen LogP contribution in [0.15, 0.2) is 206 Å². The van der Waals surface area contributed by atoms with Gasteiger partial charge in [-0.15, -0.1) is 49.0 Å². The van der Waals surface area contributed by atoms with Crippen molar-refractivity contribution in [2.45, 2.75) is 51.2 Å². The molecule has 394 valence electrons. The van der Waals surface area contributed by atoms with E-state index in [1.54, 1.807) is 46.9 Å². The molecule has 0 saturated heterocycles. The number of rotatable bonds is 8. The average molecular weight is 1100 g/mol. The van der Waals surface area contributed by atoms with Crippen molar-refractivity contribution >= 4 is 97.1 Å². The summed E-state index contributed by atoms with van der Waals surface area (Å²) in [5.74, 6) is -0.653. The van der Waals surface area contributed by atoms with E-state index in [4.69, 9.17) is 0 Å². The van der Waals surface area contributed by atoms with Crippen LogP contribution in [0, 0.1) is 13.8 Å². The third-order valence-electron chi connectivity index (χ3n) is 16.2. The molecule has 4 nitrogen and oxygen atoms in total. The van der Waals surface area contributed by atoms with E-state index in [-0.39, 0.29) is 11.5 Å². The van der Waals surface area contributed by atoms with E-state index in [1.165, 1.54) is 24.3 Å². The maximum Gasteiger partial charge on any atom is 0.573 e. The highest BCUT2D eigenvalue weighted by atomic mass is 32.1. The summed E-state index contributed by atoms with van der Waals surface area (Å²) in [6.07, 6.45) is -9.74. The van der Waals surface area contributed by atoms with Crippen LogP contribution in [0.3, 0.4) is 0 Å². The fourth-order valence-corrected chi connectivity index (χ4v) is 15.4. The molecule has 0 aliphatic heterocycles. The van der Waals surface area contributed by atoms with E-state index in [9.17, 15) is 26.3 Å². The smallest absolute Gasteiger partial charge is 0.406 e. The van der Waals surface area contributed by atoms with Crippen molar-refractivity contribution in [3.8, 4) is 22.6 Å². The Morgan fingerprint density at radius 3 is 1.10 bits per heavy atom. The normalized spacial score (nSPS) is 14.1. The molecule has 2 aromatic heterocycles. The molecule has 0 bridgehead atoms. The molecule has 2 aliphatic rings. The number of benzene rings is 10. The molecule has 2 heterocycles. The summed E-state index contributed by atoms with van der Waals surface area (Å²) >= 11 is 3.38. The van der Waals surface area contributed by atoms with Crippen LogP contribution in [0.25, 0.3) is 51.5 Å². The highest BCUT2D eigenvalue weighted by Gasteiger charge is 2.54. The van der Waals surface area contributed by atoms with Gasteiger partial charge in [-0.25, -0.2) is 0 Å². The molecule has 12 aromatic rings. The molecule has 12 heteroatoms. The lowest BCUT2D eigenvalue weighted by atomic mass is 9.55. The minimum absolute atomic E-state index is 0.326. The van der Waals surface area contributed by atoms with Crippen molar-refractivity contribution in [2.75, 3.05) is 9.80 Å². The third kappa shape index (κ3) is 7.70. The second-order valence-corrected chi connectivity index (χ2v) is 23.1. The number of thiophene rings is 2. The van der Waals surface area contributed by atoms with Gasteiger partial charge in [-0.05, 0) is 154 Å². The van der Waals surface area contributed by atoms with Gasteiger partial charge in [-0.1, -0.05) is 135 Å². The van der Waals surface area contributed by atoms with Crippen molar-refractivity contribution in [3.63, 3.8) is 0 Å². The monoisotopic (exact) mass is 1100 g/mol. The van der Waals surface area contributed by atoms with E-state index < -0.39 is 23.6 Å². The molecule has 0 radical (unpaired) electrons. The largest absolute Gasteiger partial charge is 0.573 e. The van der Waals surface area contributed by atoms with Crippen LogP contribution in [-0.2, 0) is 10.8 Å². The summed E-state index contributed by atoms with van der Waals surface area (Å²) < 4.78 is 95.1. The van der Waals surface area contributed by atoms with Crippen LogP contribution >= 0.6 is 22.7 Å². The molecule has 2 aliphatic carbocycles. The minimum atomic E-state index is -4.87. The number of nitrogens with zero attached hydrogens (tertiary/aromatic N) is 2. The van der Waals surface area contributed by atoms with Crippen LogP contribution in [-0.4, -0.2) is 12.7 Å². The fraction of sp³-hybridized carbons (Fsp3) is 0.118. The lowest BCUT2D eigenvalue weighted by Crippen LogP contribution is -2.40. The van der Waals surface area contributed by atoms with E-state index in [0.717, 1.165) is 119 Å². The first kappa shape index (κ1) is 49.7. The Morgan fingerprint density at radius 1 is 0.362 bits per heavy atom. The van der Waals surface area contributed by atoms with Crippen LogP contribution in [0.1, 0.15) is 58.4 Å². The van der Waals surface area contributed by atoms with Gasteiger partial charge in [0.25, 0.3) is 0 Å². The molecule has 14 rings (SSSR count). The van der Waals surface area contributed by atoms with Gasteiger partial charge in [0.15, 0.2) is 0 Å². The first-order chi connectivity index (χ1) is 38.5. The molecular weight excluding hydrogens is 1050 g/mol. The van der Waals surface area contributed by atoms with Crippen molar-refractivity contribution in [2.24, 2.45) is 0 Å². The number of aryl methyl sites for hydroxylation is 2. The maximum atomic E-state index is 13.7. The zero-order valence-corrected chi connectivity index (χ0v) is 45.1. The summed E-state index contributed by atoms with van der Waals surface area (Å²) in [7, 11) is 0. The fourth-order valence-electron chi connectivity index (χ4n) is 12.9. The Balaban J connectivity index is 1.04. The Hall–Kier alpha value is -8.58. The summed E-state index contributed by atoms with van der Waals surface area (Å²) in [6.45, 7) is 8.74. The molecule has 0 N–H and O–H groups in total.